The Hall–Kier alpha value is -1.83. The van der Waals surface area contributed by atoms with Crippen LogP contribution in [0.5, 0.6) is 0 Å². The minimum absolute atomic E-state index is 0.0504. The molecule has 0 spiro atoms. The topological polar surface area (TPSA) is 68.3 Å². The third-order valence-electron chi connectivity index (χ3n) is 5.08. The van der Waals surface area contributed by atoms with Crippen molar-refractivity contribution in [3.63, 3.8) is 0 Å². The highest BCUT2D eigenvalue weighted by molar-refractivity contribution is 6.30. The van der Waals surface area contributed by atoms with E-state index >= 15 is 0 Å². The fourth-order valence-corrected chi connectivity index (χ4v) is 4.03. The van der Waals surface area contributed by atoms with Crippen LogP contribution in [0.25, 0.3) is 0 Å². The Morgan fingerprint density at radius 2 is 2.03 bits per heavy atom. The number of carbonyl (C=O) groups excluding carboxylic acids is 2. The van der Waals surface area contributed by atoms with E-state index in [9.17, 15) is 9.59 Å². The van der Waals surface area contributed by atoms with Gasteiger partial charge in [-0.2, -0.15) is 0 Å². The summed E-state index contributed by atoms with van der Waals surface area (Å²) >= 11 is 6.41. The molecule has 2 aliphatic heterocycles. The van der Waals surface area contributed by atoms with Crippen molar-refractivity contribution in [2.75, 3.05) is 40.0 Å². The minimum Gasteiger partial charge on any atom is -0.444 e. The summed E-state index contributed by atoms with van der Waals surface area (Å²) in [6, 6.07) is 3.50. The van der Waals surface area contributed by atoms with E-state index in [1.807, 2.05) is 32.9 Å². The van der Waals surface area contributed by atoms with Gasteiger partial charge in [-0.1, -0.05) is 11.6 Å². The molecule has 0 saturated carbocycles. The molecule has 0 N–H and O–H groups in total. The summed E-state index contributed by atoms with van der Waals surface area (Å²) in [6.07, 6.45) is 0.334. The molecule has 2 amide bonds. The maximum Gasteiger partial charge on any atom is 0.410 e. The molecule has 1 aromatic rings. The van der Waals surface area contributed by atoms with E-state index in [1.54, 1.807) is 9.80 Å². The first-order valence-corrected chi connectivity index (χ1v) is 10.2. The van der Waals surface area contributed by atoms with Gasteiger partial charge in [0.05, 0.1) is 19.3 Å². The summed E-state index contributed by atoms with van der Waals surface area (Å²) in [5, 5.41) is 0.616. The van der Waals surface area contributed by atoms with Gasteiger partial charge in [0.1, 0.15) is 12.2 Å². The number of amides is 2. The zero-order valence-electron chi connectivity index (χ0n) is 17.5. The van der Waals surface area contributed by atoms with Crippen LogP contribution in [0.3, 0.4) is 0 Å². The Morgan fingerprint density at radius 3 is 2.72 bits per heavy atom. The Labute approximate surface area is 176 Å². The SMILES string of the molecule is COCC(=O)N1CCc2cc(Cl)cc([C@@H]3COCCN3C(=O)OC(C)(C)C)c2C1. The Morgan fingerprint density at radius 1 is 1.28 bits per heavy atom. The molecule has 2 aliphatic rings. The van der Waals surface area contributed by atoms with Crippen LogP contribution in [0, 0.1) is 0 Å². The molecule has 8 heteroatoms. The number of carbonyl (C=O) groups is 2. The quantitative estimate of drug-likeness (QED) is 0.745. The Balaban J connectivity index is 1.93. The summed E-state index contributed by atoms with van der Waals surface area (Å²) in [5.41, 5.74) is 2.45. The number of ether oxygens (including phenoxy) is 3. The van der Waals surface area contributed by atoms with Gasteiger partial charge in [-0.15, -0.1) is 0 Å². The molecule has 1 atom stereocenters. The summed E-state index contributed by atoms with van der Waals surface area (Å²) in [5.74, 6) is -0.0528. The summed E-state index contributed by atoms with van der Waals surface area (Å²) < 4.78 is 16.3. The predicted molar refractivity (Wildman–Crippen MR) is 109 cm³/mol. The number of fused-ring (bicyclic) bond motifs is 1. The first-order valence-electron chi connectivity index (χ1n) is 9.85. The van der Waals surface area contributed by atoms with Crippen LogP contribution < -0.4 is 0 Å². The lowest BCUT2D eigenvalue weighted by molar-refractivity contribution is -0.136. The number of hydrogen-bond acceptors (Lipinski definition) is 5. The second-order valence-electron chi connectivity index (χ2n) is 8.40. The fraction of sp³-hybridized carbons (Fsp3) is 0.619. The molecule has 0 bridgehead atoms. The zero-order chi connectivity index (χ0) is 21.2. The number of nitrogens with zero attached hydrogens (tertiary/aromatic N) is 2. The number of rotatable bonds is 3. The van der Waals surface area contributed by atoms with Gasteiger partial charge in [0.2, 0.25) is 5.91 Å². The lowest BCUT2D eigenvalue weighted by atomic mass is 9.90. The second-order valence-corrected chi connectivity index (χ2v) is 8.83. The van der Waals surface area contributed by atoms with Gasteiger partial charge in [-0.25, -0.2) is 4.79 Å². The third-order valence-corrected chi connectivity index (χ3v) is 5.30. The van der Waals surface area contributed by atoms with Crippen molar-refractivity contribution in [3.8, 4) is 0 Å². The lowest BCUT2D eigenvalue weighted by Gasteiger charge is -2.39. The average Bonchev–Trinajstić information content (AvgIpc) is 2.66. The molecule has 0 radical (unpaired) electrons. The maximum absolute atomic E-state index is 12.8. The van der Waals surface area contributed by atoms with Crippen LogP contribution >= 0.6 is 11.6 Å². The molecule has 0 aromatic heterocycles. The summed E-state index contributed by atoms with van der Waals surface area (Å²) in [6.45, 7) is 7.92. The molecule has 3 rings (SSSR count). The van der Waals surface area contributed by atoms with Gasteiger partial charge < -0.3 is 19.1 Å². The molecule has 1 saturated heterocycles. The van der Waals surface area contributed by atoms with E-state index in [0.717, 1.165) is 16.7 Å². The van der Waals surface area contributed by atoms with Crippen molar-refractivity contribution in [3.05, 3.63) is 33.8 Å². The van der Waals surface area contributed by atoms with Crippen LogP contribution in [0.4, 0.5) is 4.79 Å². The van der Waals surface area contributed by atoms with E-state index in [2.05, 4.69) is 0 Å². The minimum atomic E-state index is -0.586. The standard InChI is InChI=1S/C21H29ClN2O5/c1-21(2,3)29-20(26)24-7-8-28-12-18(24)16-10-15(22)9-14-5-6-23(11-17(14)16)19(25)13-27-4/h9-10,18H,5-8,11-13H2,1-4H3/t18-/m0/s1. The van der Waals surface area contributed by atoms with Crippen molar-refractivity contribution in [1.29, 1.82) is 0 Å². The second kappa shape index (κ2) is 8.90. The molecule has 1 fully saturated rings. The van der Waals surface area contributed by atoms with Crippen LogP contribution in [0.15, 0.2) is 12.1 Å². The van der Waals surface area contributed by atoms with Crippen LogP contribution in [-0.4, -0.2) is 67.4 Å². The maximum atomic E-state index is 12.8. The normalized spacial score (nSPS) is 19.7. The van der Waals surface area contributed by atoms with E-state index in [-0.39, 0.29) is 24.6 Å². The molecule has 160 valence electrons. The van der Waals surface area contributed by atoms with Gasteiger partial charge in [0, 0.05) is 31.8 Å². The molecular formula is C21H29ClN2O5. The van der Waals surface area contributed by atoms with E-state index in [1.165, 1.54) is 7.11 Å². The predicted octanol–water partition coefficient (Wildman–Crippen LogP) is 3.18. The molecule has 0 aliphatic carbocycles. The number of benzene rings is 1. The number of hydrogen-bond donors (Lipinski definition) is 0. The van der Waals surface area contributed by atoms with E-state index < -0.39 is 5.60 Å². The van der Waals surface area contributed by atoms with Crippen molar-refractivity contribution in [2.45, 2.75) is 45.4 Å². The Bertz CT molecular complexity index is 777. The van der Waals surface area contributed by atoms with Crippen molar-refractivity contribution < 1.29 is 23.8 Å². The zero-order valence-corrected chi connectivity index (χ0v) is 18.3. The van der Waals surface area contributed by atoms with Crippen molar-refractivity contribution in [1.82, 2.24) is 9.80 Å². The summed E-state index contributed by atoms with van der Waals surface area (Å²) in [7, 11) is 1.51. The van der Waals surface area contributed by atoms with E-state index in [0.29, 0.717) is 44.3 Å². The Kier molecular flexibility index (Phi) is 6.71. The van der Waals surface area contributed by atoms with Crippen LogP contribution in [0.1, 0.15) is 43.5 Å². The highest BCUT2D eigenvalue weighted by atomic mass is 35.5. The number of morpholine rings is 1. The van der Waals surface area contributed by atoms with Gasteiger partial charge in [-0.3, -0.25) is 9.69 Å². The van der Waals surface area contributed by atoms with Gasteiger partial charge in [0.25, 0.3) is 0 Å². The highest BCUT2D eigenvalue weighted by Gasteiger charge is 2.35. The molecule has 1 aromatic carbocycles. The van der Waals surface area contributed by atoms with Crippen molar-refractivity contribution in [2.24, 2.45) is 0 Å². The number of methoxy groups -OCH3 is 1. The van der Waals surface area contributed by atoms with Gasteiger partial charge >= 0.3 is 6.09 Å². The van der Waals surface area contributed by atoms with Gasteiger partial charge in [0.15, 0.2) is 0 Å². The first kappa shape index (κ1) is 21.9. The molecule has 7 nitrogen and oxygen atoms in total. The number of halogens is 1. The monoisotopic (exact) mass is 424 g/mol. The van der Waals surface area contributed by atoms with Crippen LogP contribution in [0.2, 0.25) is 5.02 Å². The fourth-order valence-electron chi connectivity index (χ4n) is 3.78. The highest BCUT2D eigenvalue weighted by Crippen LogP contribution is 2.35. The first-order chi connectivity index (χ1) is 13.7. The smallest absolute Gasteiger partial charge is 0.410 e. The lowest BCUT2D eigenvalue weighted by Crippen LogP contribution is -2.46. The van der Waals surface area contributed by atoms with Crippen molar-refractivity contribution >= 4 is 23.6 Å². The average molecular weight is 425 g/mol. The third kappa shape index (κ3) is 5.21. The molecule has 29 heavy (non-hydrogen) atoms. The van der Waals surface area contributed by atoms with Gasteiger partial charge in [-0.05, 0) is 56.0 Å². The largest absolute Gasteiger partial charge is 0.444 e. The molecule has 0 unspecified atom stereocenters. The van der Waals surface area contributed by atoms with E-state index in [4.69, 9.17) is 25.8 Å². The summed E-state index contributed by atoms with van der Waals surface area (Å²) in [4.78, 5) is 28.7. The van der Waals surface area contributed by atoms with Crippen LogP contribution in [-0.2, 0) is 32.0 Å². The molecule has 2 heterocycles. The molecular weight excluding hydrogens is 396 g/mol.